The minimum absolute atomic E-state index is 0.251. The molecule has 0 saturated carbocycles. The number of fused-ring (bicyclic) bond motifs is 1. The van der Waals surface area contributed by atoms with Crippen molar-refractivity contribution in [2.24, 2.45) is 0 Å². The molecular weight excluding hydrogens is 290 g/mol. The van der Waals surface area contributed by atoms with E-state index >= 15 is 0 Å². The number of rotatable bonds is 2. The third kappa shape index (κ3) is 2.45. The summed E-state index contributed by atoms with van der Waals surface area (Å²) < 4.78 is 24.6. The van der Waals surface area contributed by atoms with Gasteiger partial charge in [-0.2, -0.15) is 4.52 Å². The lowest BCUT2D eigenvalue weighted by molar-refractivity contribution is 0.602. The Hall–Kier alpha value is -2.48. The molecule has 1 aromatic carbocycles. The Morgan fingerprint density at radius 2 is 1.81 bits per heavy atom. The Morgan fingerprint density at radius 1 is 1.14 bits per heavy atom. The Kier molecular flexibility index (Phi) is 2.91. The van der Waals surface area contributed by atoms with Crippen LogP contribution < -0.4 is 5.73 Å². The predicted octanol–water partition coefficient (Wildman–Crippen LogP) is 1.09. The van der Waals surface area contributed by atoms with Crippen LogP contribution in [0.3, 0.4) is 0 Å². The van der Waals surface area contributed by atoms with Crippen molar-refractivity contribution in [2.75, 3.05) is 12.0 Å². The zero-order chi connectivity index (χ0) is 15.2. The molecular formula is C13H13N5O2S. The molecule has 0 unspecified atom stereocenters. The summed E-state index contributed by atoms with van der Waals surface area (Å²) in [6.07, 6.45) is 1.17. The lowest BCUT2D eigenvalue weighted by Crippen LogP contribution is -2.02. The van der Waals surface area contributed by atoms with E-state index in [0.717, 1.165) is 0 Å². The lowest BCUT2D eigenvalue weighted by atomic mass is 10.2. The second-order valence-electron chi connectivity index (χ2n) is 4.73. The topological polar surface area (TPSA) is 103 Å². The van der Waals surface area contributed by atoms with Crippen LogP contribution in [0.15, 0.2) is 35.2 Å². The zero-order valence-electron chi connectivity index (χ0n) is 11.5. The number of nitrogens with zero attached hydrogens (tertiary/aromatic N) is 4. The molecule has 3 aromatic rings. The Labute approximate surface area is 121 Å². The van der Waals surface area contributed by atoms with Crippen molar-refractivity contribution in [1.82, 2.24) is 19.6 Å². The molecule has 0 aliphatic carbocycles. The fourth-order valence-corrected chi connectivity index (χ4v) is 2.68. The minimum atomic E-state index is -3.23. The first-order valence-electron chi connectivity index (χ1n) is 6.15. The molecule has 0 saturated heterocycles. The summed E-state index contributed by atoms with van der Waals surface area (Å²) >= 11 is 0. The zero-order valence-corrected chi connectivity index (χ0v) is 12.3. The smallest absolute Gasteiger partial charge is 0.175 e. The van der Waals surface area contributed by atoms with Gasteiger partial charge in [-0.15, -0.1) is 5.10 Å². The number of aryl methyl sites for hydroxylation is 1. The number of nitrogen functional groups attached to an aromatic ring is 1. The second-order valence-corrected chi connectivity index (χ2v) is 6.75. The van der Waals surface area contributed by atoms with Gasteiger partial charge >= 0.3 is 0 Å². The highest BCUT2D eigenvalue weighted by Gasteiger charge is 2.12. The molecule has 2 heterocycles. The molecule has 21 heavy (non-hydrogen) atoms. The van der Waals surface area contributed by atoms with Crippen LogP contribution in [-0.2, 0) is 9.84 Å². The third-order valence-corrected chi connectivity index (χ3v) is 4.12. The number of hydrogen-bond donors (Lipinski definition) is 1. The van der Waals surface area contributed by atoms with E-state index in [4.69, 9.17) is 5.73 Å². The van der Waals surface area contributed by atoms with Crippen molar-refractivity contribution in [2.45, 2.75) is 11.8 Å². The molecule has 0 radical (unpaired) electrons. The Bertz CT molecular complexity index is 929. The van der Waals surface area contributed by atoms with E-state index in [-0.39, 0.29) is 4.90 Å². The van der Waals surface area contributed by atoms with Gasteiger partial charge in [-0.25, -0.2) is 18.4 Å². The van der Waals surface area contributed by atoms with Gasteiger partial charge in [0, 0.05) is 17.9 Å². The van der Waals surface area contributed by atoms with E-state index in [9.17, 15) is 8.42 Å². The van der Waals surface area contributed by atoms with Crippen LogP contribution in [0.4, 0.5) is 5.82 Å². The fourth-order valence-electron chi connectivity index (χ4n) is 2.05. The maximum absolute atomic E-state index is 11.5. The van der Waals surface area contributed by atoms with E-state index in [0.29, 0.717) is 28.7 Å². The fraction of sp³-hybridized carbons (Fsp3) is 0.154. The van der Waals surface area contributed by atoms with E-state index in [1.807, 2.05) is 0 Å². The summed E-state index contributed by atoms with van der Waals surface area (Å²) in [4.78, 5) is 8.77. The maximum Gasteiger partial charge on any atom is 0.175 e. The highest BCUT2D eigenvalue weighted by Crippen LogP contribution is 2.21. The molecule has 0 aliphatic heterocycles. The quantitative estimate of drug-likeness (QED) is 0.760. The van der Waals surface area contributed by atoms with Gasteiger partial charge in [0.05, 0.1) is 4.90 Å². The van der Waals surface area contributed by atoms with Crippen molar-refractivity contribution in [3.8, 4) is 11.4 Å². The van der Waals surface area contributed by atoms with E-state index < -0.39 is 9.84 Å². The van der Waals surface area contributed by atoms with Crippen molar-refractivity contribution in [3.05, 3.63) is 36.2 Å². The van der Waals surface area contributed by atoms with Gasteiger partial charge in [0.15, 0.2) is 21.3 Å². The summed E-state index contributed by atoms with van der Waals surface area (Å²) in [5.74, 6) is 1.46. The first-order valence-corrected chi connectivity index (χ1v) is 8.04. The molecule has 2 N–H and O–H groups in total. The minimum Gasteiger partial charge on any atom is -0.384 e. The average Bonchev–Trinajstić information content (AvgIpc) is 2.77. The molecule has 8 heteroatoms. The Balaban J connectivity index is 2.20. The number of benzene rings is 1. The molecule has 7 nitrogen and oxygen atoms in total. The van der Waals surface area contributed by atoms with Crippen LogP contribution in [0.25, 0.3) is 17.0 Å². The predicted molar refractivity (Wildman–Crippen MR) is 78.5 cm³/mol. The molecule has 108 valence electrons. The summed E-state index contributed by atoms with van der Waals surface area (Å²) in [7, 11) is -3.23. The average molecular weight is 303 g/mol. The van der Waals surface area contributed by atoms with Crippen molar-refractivity contribution in [1.29, 1.82) is 0 Å². The van der Waals surface area contributed by atoms with E-state index in [1.165, 1.54) is 18.4 Å². The number of nitrogens with two attached hydrogens (primary N) is 1. The van der Waals surface area contributed by atoms with Gasteiger partial charge in [0.2, 0.25) is 0 Å². The number of sulfone groups is 1. The van der Waals surface area contributed by atoms with Crippen LogP contribution in [0.5, 0.6) is 0 Å². The molecule has 0 bridgehead atoms. The maximum atomic E-state index is 11.5. The van der Waals surface area contributed by atoms with Gasteiger partial charge in [0.1, 0.15) is 11.6 Å². The summed E-state index contributed by atoms with van der Waals surface area (Å²) in [5.41, 5.74) is 7.09. The summed E-state index contributed by atoms with van der Waals surface area (Å²) in [5, 5.41) is 4.27. The van der Waals surface area contributed by atoms with Crippen molar-refractivity contribution < 1.29 is 8.42 Å². The monoisotopic (exact) mass is 303 g/mol. The van der Waals surface area contributed by atoms with Crippen LogP contribution in [-0.4, -0.2) is 34.3 Å². The van der Waals surface area contributed by atoms with Gasteiger partial charge in [-0.05, 0) is 31.2 Å². The highest BCUT2D eigenvalue weighted by atomic mass is 32.2. The van der Waals surface area contributed by atoms with Crippen molar-refractivity contribution >= 4 is 21.3 Å². The SMILES string of the molecule is Cc1nc2cc(N)nc(-c3ccc(S(C)(=O)=O)cc3)n2n1. The Morgan fingerprint density at radius 3 is 2.43 bits per heavy atom. The molecule has 0 amide bonds. The van der Waals surface area contributed by atoms with Crippen LogP contribution in [0.1, 0.15) is 5.82 Å². The molecule has 0 aliphatic rings. The molecule has 3 rings (SSSR count). The van der Waals surface area contributed by atoms with Gasteiger partial charge in [-0.3, -0.25) is 0 Å². The molecule has 2 aromatic heterocycles. The summed E-state index contributed by atoms with van der Waals surface area (Å²) in [6, 6.07) is 8.05. The number of anilines is 1. The molecule has 0 atom stereocenters. The van der Waals surface area contributed by atoms with E-state index in [2.05, 4.69) is 15.1 Å². The summed E-state index contributed by atoms with van der Waals surface area (Å²) in [6.45, 7) is 1.78. The van der Waals surface area contributed by atoms with Gasteiger partial charge < -0.3 is 5.73 Å². The van der Waals surface area contributed by atoms with Crippen LogP contribution in [0, 0.1) is 6.92 Å². The van der Waals surface area contributed by atoms with Gasteiger partial charge in [0.25, 0.3) is 0 Å². The van der Waals surface area contributed by atoms with Crippen LogP contribution >= 0.6 is 0 Å². The van der Waals surface area contributed by atoms with Crippen molar-refractivity contribution in [3.63, 3.8) is 0 Å². The van der Waals surface area contributed by atoms with E-state index in [1.54, 1.807) is 29.6 Å². The standard InChI is InChI=1S/C13H13N5O2S/c1-8-15-12-7-11(14)16-13(18(12)17-8)9-3-5-10(6-4-9)21(2,19)20/h3-7H,14H2,1-2H3. The lowest BCUT2D eigenvalue weighted by Gasteiger charge is -2.05. The largest absolute Gasteiger partial charge is 0.384 e. The molecule has 0 spiro atoms. The normalized spacial score (nSPS) is 11.9. The number of hydrogen-bond acceptors (Lipinski definition) is 6. The number of aromatic nitrogens is 4. The highest BCUT2D eigenvalue weighted by molar-refractivity contribution is 7.90. The first kappa shape index (κ1) is 13.5. The first-order chi connectivity index (χ1) is 9.84. The van der Waals surface area contributed by atoms with Crippen LogP contribution in [0.2, 0.25) is 0 Å². The van der Waals surface area contributed by atoms with Gasteiger partial charge in [-0.1, -0.05) is 0 Å². The third-order valence-electron chi connectivity index (χ3n) is 2.99. The second kappa shape index (κ2) is 4.52. The molecule has 0 fully saturated rings.